The van der Waals surface area contributed by atoms with Crippen molar-refractivity contribution in [1.82, 2.24) is 0 Å². The van der Waals surface area contributed by atoms with Crippen LogP contribution in [-0.4, -0.2) is 40.0 Å². The smallest absolute Gasteiger partial charge is 0.307 e. The molecule has 0 aromatic heterocycles. The Morgan fingerprint density at radius 3 is 1.80 bits per heavy atom. The Bertz CT molecular complexity index is 196. The Balaban J connectivity index is 3.60. The van der Waals surface area contributed by atoms with E-state index in [1.54, 1.807) is 21.3 Å². The van der Waals surface area contributed by atoms with Crippen molar-refractivity contribution in [3.8, 4) is 0 Å². The van der Waals surface area contributed by atoms with Gasteiger partial charge >= 0.3 is 5.97 Å². The van der Waals surface area contributed by atoms with Crippen molar-refractivity contribution < 1.29 is 18.9 Å². The van der Waals surface area contributed by atoms with Crippen LogP contribution in [0, 0.1) is 0 Å². The molecule has 0 bridgehead atoms. The van der Waals surface area contributed by atoms with E-state index in [4.69, 9.17) is 18.9 Å². The number of methoxy groups -OCH3 is 3. The van der Waals surface area contributed by atoms with Gasteiger partial charge in [-0.2, -0.15) is 0 Å². The molecule has 0 N–H and O–H groups in total. The van der Waals surface area contributed by atoms with Crippen molar-refractivity contribution in [3.63, 3.8) is 0 Å². The summed E-state index contributed by atoms with van der Waals surface area (Å²) in [4.78, 5) is 0. The fraction of sp³-hybridized carbons (Fsp3) is 1.00. The zero-order valence-electron chi connectivity index (χ0n) is 14.1. The van der Waals surface area contributed by atoms with E-state index >= 15 is 0 Å². The van der Waals surface area contributed by atoms with E-state index in [9.17, 15) is 0 Å². The molecule has 4 heteroatoms. The van der Waals surface area contributed by atoms with E-state index < -0.39 is 5.97 Å². The number of rotatable bonds is 14. The molecule has 0 radical (unpaired) electrons. The van der Waals surface area contributed by atoms with Gasteiger partial charge in [-0.05, 0) is 13.3 Å². The van der Waals surface area contributed by atoms with E-state index in [1.165, 1.54) is 44.9 Å². The molecule has 20 heavy (non-hydrogen) atoms. The zero-order chi connectivity index (χ0) is 15.3. The molecule has 1 atom stereocenters. The van der Waals surface area contributed by atoms with Crippen LogP contribution >= 0.6 is 0 Å². The Morgan fingerprint density at radius 1 is 0.800 bits per heavy atom. The van der Waals surface area contributed by atoms with Crippen molar-refractivity contribution in [2.24, 2.45) is 0 Å². The van der Waals surface area contributed by atoms with Gasteiger partial charge in [-0.25, -0.2) is 0 Å². The first kappa shape index (κ1) is 19.8. The average molecular weight is 290 g/mol. The molecule has 4 nitrogen and oxygen atoms in total. The highest BCUT2D eigenvalue weighted by Gasteiger charge is 2.30. The van der Waals surface area contributed by atoms with Crippen LogP contribution in [-0.2, 0) is 18.9 Å². The lowest BCUT2D eigenvalue weighted by Gasteiger charge is -2.29. The molecule has 0 aromatic rings. The molecule has 0 aliphatic rings. The van der Waals surface area contributed by atoms with E-state index in [2.05, 4.69) is 13.8 Å². The lowest BCUT2D eigenvalue weighted by molar-refractivity contribution is -0.371. The monoisotopic (exact) mass is 290 g/mol. The summed E-state index contributed by atoms with van der Waals surface area (Å²) in [5.41, 5.74) is 0. The molecule has 0 heterocycles. The molecule has 0 rings (SSSR count). The molecule has 0 spiro atoms. The van der Waals surface area contributed by atoms with Crippen molar-refractivity contribution in [1.29, 1.82) is 0 Å². The fourth-order valence-electron chi connectivity index (χ4n) is 2.14. The molecular weight excluding hydrogens is 256 g/mol. The maximum atomic E-state index is 5.75. The maximum absolute atomic E-state index is 5.75. The minimum absolute atomic E-state index is 0.200. The first-order chi connectivity index (χ1) is 9.64. The fourth-order valence-corrected chi connectivity index (χ4v) is 2.14. The Kier molecular flexibility index (Phi) is 12.5. The topological polar surface area (TPSA) is 36.9 Å². The van der Waals surface area contributed by atoms with Crippen LogP contribution in [0.1, 0.15) is 65.2 Å². The highest BCUT2D eigenvalue weighted by molar-refractivity contribution is 4.58. The highest BCUT2D eigenvalue weighted by atomic mass is 16.9. The molecule has 0 amide bonds. The molecule has 0 saturated heterocycles. The van der Waals surface area contributed by atoms with Gasteiger partial charge in [-0.15, -0.1) is 0 Å². The van der Waals surface area contributed by atoms with Crippen LogP contribution in [0.15, 0.2) is 0 Å². The summed E-state index contributed by atoms with van der Waals surface area (Å²) in [5.74, 6) is -1.07. The second kappa shape index (κ2) is 12.6. The Labute approximate surface area is 125 Å². The second-order valence-electron chi connectivity index (χ2n) is 5.33. The molecule has 122 valence electrons. The van der Waals surface area contributed by atoms with E-state index in [0.717, 1.165) is 6.42 Å². The van der Waals surface area contributed by atoms with E-state index in [1.807, 2.05) is 0 Å². The summed E-state index contributed by atoms with van der Waals surface area (Å²) in [6, 6.07) is 0. The predicted molar refractivity (Wildman–Crippen MR) is 81.8 cm³/mol. The van der Waals surface area contributed by atoms with Gasteiger partial charge in [0.15, 0.2) is 0 Å². The maximum Gasteiger partial charge on any atom is 0.307 e. The third kappa shape index (κ3) is 8.90. The summed E-state index contributed by atoms with van der Waals surface area (Å²) >= 11 is 0. The van der Waals surface area contributed by atoms with Crippen molar-refractivity contribution in [2.45, 2.75) is 77.3 Å². The molecule has 1 unspecified atom stereocenters. The van der Waals surface area contributed by atoms with E-state index in [0.29, 0.717) is 0 Å². The minimum Gasteiger partial charge on any atom is -0.370 e. The summed E-state index contributed by atoms with van der Waals surface area (Å²) < 4.78 is 21.3. The van der Waals surface area contributed by atoms with Crippen molar-refractivity contribution in [2.75, 3.05) is 27.9 Å². The first-order valence-corrected chi connectivity index (χ1v) is 7.91. The number of ether oxygens (including phenoxy) is 4. The normalized spacial score (nSPS) is 13.7. The third-order valence-electron chi connectivity index (χ3n) is 3.69. The van der Waals surface area contributed by atoms with Crippen LogP contribution < -0.4 is 0 Å². The number of hydrogen-bond donors (Lipinski definition) is 0. The number of hydrogen-bond acceptors (Lipinski definition) is 4. The van der Waals surface area contributed by atoms with Gasteiger partial charge in [0.1, 0.15) is 6.61 Å². The largest absolute Gasteiger partial charge is 0.370 e. The lowest BCUT2D eigenvalue weighted by Crippen LogP contribution is -2.42. The molecule has 0 fully saturated rings. The van der Waals surface area contributed by atoms with Crippen molar-refractivity contribution >= 4 is 0 Å². The van der Waals surface area contributed by atoms with Crippen LogP contribution in [0.5, 0.6) is 0 Å². The summed E-state index contributed by atoms with van der Waals surface area (Å²) in [6.45, 7) is 4.62. The molecule has 0 aliphatic carbocycles. The van der Waals surface area contributed by atoms with Crippen LogP contribution in [0.4, 0.5) is 0 Å². The third-order valence-corrected chi connectivity index (χ3v) is 3.69. The van der Waals surface area contributed by atoms with Crippen LogP contribution in [0.2, 0.25) is 0 Å². The van der Waals surface area contributed by atoms with Gasteiger partial charge in [0, 0.05) is 21.3 Å². The van der Waals surface area contributed by atoms with Gasteiger partial charge in [0.25, 0.3) is 0 Å². The lowest BCUT2D eigenvalue weighted by atomic mass is 10.1. The standard InChI is InChI=1S/C16H34O4/c1-6-7-8-9-10-11-12-13-15(2)20-14-16(17-3,18-4)19-5/h15H,6-14H2,1-5H3. The van der Waals surface area contributed by atoms with Crippen molar-refractivity contribution in [3.05, 3.63) is 0 Å². The number of unbranched alkanes of at least 4 members (excludes halogenated alkanes) is 6. The highest BCUT2D eigenvalue weighted by Crippen LogP contribution is 2.16. The SMILES string of the molecule is CCCCCCCCCC(C)OCC(OC)(OC)OC. The summed E-state index contributed by atoms with van der Waals surface area (Å²) in [7, 11) is 4.66. The summed E-state index contributed by atoms with van der Waals surface area (Å²) in [6.07, 6.45) is 10.5. The molecular formula is C16H34O4. The van der Waals surface area contributed by atoms with Gasteiger partial charge in [0.05, 0.1) is 6.10 Å². The van der Waals surface area contributed by atoms with Crippen LogP contribution in [0.25, 0.3) is 0 Å². The predicted octanol–water partition coefficient (Wildman–Crippen LogP) is 4.13. The molecule has 0 aromatic carbocycles. The second-order valence-corrected chi connectivity index (χ2v) is 5.33. The van der Waals surface area contributed by atoms with Gasteiger partial charge in [-0.3, -0.25) is 0 Å². The van der Waals surface area contributed by atoms with Gasteiger partial charge < -0.3 is 18.9 Å². The molecule has 0 saturated carbocycles. The van der Waals surface area contributed by atoms with E-state index in [-0.39, 0.29) is 12.7 Å². The Hall–Kier alpha value is -0.160. The van der Waals surface area contributed by atoms with Gasteiger partial charge in [0.2, 0.25) is 0 Å². The minimum atomic E-state index is -1.07. The zero-order valence-corrected chi connectivity index (χ0v) is 14.1. The Morgan fingerprint density at radius 2 is 1.30 bits per heavy atom. The molecule has 0 aliphatic heterocycles. The first-order valence-electron chi connectivity index (χ1n) is 7.91. The summed E-state index contributed by atoms with van der Waals surface area (Å²) in [5, 5.41) is 0. The quantitative estimate of drug-likeness (QED) is 0.356. The average Bonchev–Trinajstić information content (AvgIpc) is 2.48. The van der Waals surface area contributed by atoms with Gasteiger partial charge in [-0.1, -0.05) is 51.9 Å². The van der Waals surface area contributed by atoms with Crippen LogP contribution in [0.3, 0.4) is 0 Å².